The number of esters is 1. The lowest BCUT2D eigenvalue weighted by Crippen LogP contribution is -2.59. The summed E-state index contributed by atoms with van der Waals surface area (Å²) >= 11 is 0. The fourth-order valence-electron chi connectivity index (χ4n) is 8.69. The summed E-state index contributed by atoms with van der Waals surface area (Å²) in [5.74, 6) is -4.93. The summed E-state index contributed by atoms with van der Waals surface area (Å²) in [4.78, 5) is 48.7. The van der Waals surface area contributed by atoms with E-state index in [9.17, 15) is 24.8 Å². The Bertz CT molecular complexity index is 1570. The number of carbonyl (C=O) groups excluding carboxylic acids is 3. The van der Waals surface area contributed by atoms with Gasteiger partial charge in [0.2, 0.25) is 0 Å². The van der Waals surface area contributed by atoms with Gasteiger partial charge in [-0.05, 0) is 78.3 Å². The first kappa shape index (κ1) is 42.4. The molecule has 292 valence electrons. The van der Waals surface area contributed by atoms with E-state index >= 15 is 0 Å². The Morgan fingerprint density at radius 3 is 2.45 bits per heavy atom. The molecule has 1 aromatic heterocycles. The molecule has 13 atom stereocenters. The van der Waals surface area contributed by atoms with E-state index in [-0.39, 0.29) is 37.6 Å². The SMILES string of the molecule is C=C1CO[C@]2(C)[C@@H](CC)OC(=O)C(C)C(=O)[C@H](C)[C@@H](O[C@@H]3O[C@H](C)C[C@H](N(C)C)[C@H]3O)[C@](C)(OC/C=C\c3cncc(C#N)c3)C[C@@H](C)C(=O)C(C)[C@H]12. The van der Waals surface area contributed by atoms with Gasteiger partial charge in [0.1, 0.15) is 35.6 Å². The molecular formula is C41H59N3O9. The highest BCUT2D eigenvalue weighted by molar-refractivity contribution is 6.00. The predicted molar refractivity (Wildman–Crippen MR) is 198 cm³/mol. The molecule has 1 N–H and O–H groups in total. The Morgan fingerprint density at radius 2 is 1.81 bits per heavy atom. The summed E-state index contributed by atoms with van der Waals surface area (Å²) in [5.41, 5.74) is -0.511. The lowest BCUT2D eigenvalue weighted by atomic mass is 9.69. The highest BCUT2D eigenvalue weighted by Crippen LogP contribution is 2.46. The molecule has 3 aliphatic heterocycles. The minimum absolute atomic E-state index is 0.0381. The minimum atomic E-state index is -1.33. The monoisotopic (exact) mass is 737 g/mol. The zero-order valence-electron chi connectivity index (χ0n) is 33.0. The van der Waals surface area contributed by atoms with Crippen LogP contribution in [0, 0.1) is 40.9 Å². The van der Waals surface area contributed by atoms with Crippen LogP contribution in [0.2, 0.25) is 0 Å². The average Bonchev–Trinajstić information content (AvgIpc) is 3.44. The van der Waals surface area contributed by atoms with Crippen LogP contribution in [0.1, 0.15) is 85.8 Å². The zero-order chi connectivity index (χ0) is 39.4. The number of Topliss-reactive ketones (excluding diaryl/α,β-unsaturated/α-hetero) is 2. The highest BCUT2D eigenvalue weighted by atomic mass is 16.7. The summed E-state index contributed by atoms with van der Waals surface area (Å²) < 4.78 is 32.0. The Balaban J connectivity index is 1.81. The first-order chi connectivity index (χ1) is 24.9. The number of ketones is 2. The average molecular weight is 738 g/mol. The van der Waals surface area contributed by atoms with Gasteiger partial charge in [0, 0.05) is 42.1 Å². The third kappa shape index (κ3) is 9.15. The van der Waals surface area contributed by atoms with Gasteiger partial charge in [-0.2, -0.15) is 5.26 Å². The van der Waals surface area contributed by atoms with Crippen LogP contribution < -0.4 is 0 Å². The van der Waals surface area contributed by atoms with Crippen molar-refractivity contribution in [3.63, 3.8) is 0 Å². The lowest BCUT2D eigenvalue weighted by molar-refractivity contribution is -0.296. The number of carbonyl (C=O) groups is 3. The van der Waals surface area contributed by atoms with Crippen molar-refractivity contribution in [2.24, 2.45) is 29.6 Å². The normalized spacial score (nSPS) is 39.1. The van der Waals surface area contributed by atoms with Gasteiger partial charge in [0.25, 0.3) is 0 Å². The van der Waals surface area contributed by atoms with Gasteiger partial charge in [-0.3, -0.25) is 19.4 Å². The van der Waals surface area contributed by atoms with E-state index in [0.717, 1.165) is 5.57 Å². The van der Waals surface area contributed by atoms with Gasteiger partial charge >= 0.3 is 5.97 Å². The van der Waals surface area contributed by atoms with Crippen molar-refractivity contribution in [3.05, 3.63) is 47.8 Å². The molecule has 2 unspecified atom stereocenters. The molecule has 4 heterocycles. The number of rotatable bonds is 8. The Hall–Kier alpha value is -3.31. The predicted octanol–water partition coefficient (Wildman–Crippen LogP) is 4.92. The molecular weight excluding hydrogens is 678 g/mol. The van der Waals surface area contributed by atoms with E-state index < -0.39 is 77.1 Å². The number of likely N-dealkylation sites (N-methyl/N-ethyl adjacent to an activating group) is 1. The quantitative estimate of drug-likeness (QED) is 0.219. The molecule has 3 fully saturated rings. The molecule has 0 amide bonds. The third-order valence-electron chi connectivity index (χ3n) is 11.6. The molecule has 0 aromatic carbocycles. The lowest BCUT2D eigenvalue weighted by Gasteiger charge is -2.47. The molecule has 0 aliphatic carbocycles. The van der Waals surface area contributed by atoms with Gasteiger partial charge < -0.3 is 33.7 Å². The van der Waals surface area contributed by atoms with Crippen molar-refractivity contribution >= 4 is 23.6 Å². The van der Waals surface area contributed by atoms with Gasteiger partial charge in [0.15, 0.2) is 12.1 Å². The van der Waals surface area contributed by atoms with Crippen LogP contribution in [0.3, 0.4) is 0 Å². The number of aliphatic hydroxyl groups is 1. The largest absolute Gasteiger partial charge is 0.459 e. The van der Waals surface area contributed by atoms with Crippen molar-refractivity contribution in [2.75, 3.05) is 27.3 Å². The number of pyridine rings is 1. The molecule has 3 aliphatic rings. The van der Waals surface area contributed by atoms with E-state index in [1.165, 1.54) is 13.1 Å². The van der Waals surface area contributed by atoms with Crippen molar-refractivity contribution in [3.8, 4) is 6.07 Å². The van der Waals surface area contributed by atoms with E-state index in [4.69, 9.17) is 23.7 Å². The Morgan fingerprint density at radius 1 is 1.11 bits per heavy atom. The third-order valence-corrected chi connectivity index (χ3v) is 11.6. The summed E-state index contributed by atoms with van der Waals surface area (Å²) in [5, 5.41) is 20.9. The number of ether oxygens (including phenoxy) is 5. The number of fused-ring (bicyclic) bond motifs is 1. The van der Waals surface area contributed by atoms with Crippen LogP contribution in [0.4, 0.5) is 0 Å². The summed E-state index contributed by atoms with van der Waals surface area (Å²) in [6, 6.07) is 3.49. The molecule has 0 radical (unpaired) electrons. The topological polar surface area (TPSA) is 158 Å². The summed E-state index contributed by atoms with van der Waals surface area (Å²) in [6.45, 7) is 18.9. The Kier molecular flexibility index (Phi) is 14.0. The molecule has 3 saturated heterocycles. The van der Waals surface area contributed by atoms with Gasteiger partial charge in [-0.25, -0.2) is 0 Å². The second kappa shape index (κ2) is 17.4. The van der Waals surface area contributed by atoms with E-state index in [1.807, 2.05) is 53.6 Å². The van der Waals surface area contributed by atoms with Gasteiger partial charge in [-0.15, -0.1) is 0 Å². The minimum Gasteiger partial charge on any atom is -0.459 e. The molecule has 0 saturated carbocycles. The smallest absolute Gasteiger partial charge is 0.316 e. The number of hydrogen-bond donors (Lipinski definition) is 1. The number of nitrogens with zero attached hydrogens (tertiary/aromatic N) is 3. The van der Waals surface area contributed by atoms with E-state index in [2.05, 4.69) is 17.6 Å². The molecule has 0 spiro atoms. The zero-order valence-corrected chi connectivity index (χ0v) is 33.0. The maximum absolute atomic E-state index is 14.5. The number of cyclic esters (lactones) is 1. The fourth-order valence-corrected chi connectivity index (χ4v) is 8.69. The van der Waals surface area contributed by atoms with E-state index in [0.29, 0.717) is 24.0 Å². The van der Waals surface area contributed by atoms with Crippen LogP contribution in [-0.2, 0) is 38.1 Å². The standard InChI is InChI=1S/C41H59N3O9/c1-12-32-41(9)33(24(3)22-50-41)26(5)34(45)23(2)18-40(8,49-15-13-14-29-17-30(19-42)21-43-20-29)37(27(6)35(46)28(7)38(48)52-32)53-39-36(47)31(44(10)11)16-25(4)51-39/h13-14,17,20-21,23,25-28,31-33,36-37,39,47H,3,12,15-16,18,22H2,1-2,4-11H3/b14-13-/t23-,25-,26?,27+,28?,31+,32-,33+,36-,37-,39+,40-,41-/m1/s1. The molecule has 12 nitrogen and oxygen atoms in total. The van der Waals surface area contributed by atoms with Gasteiger partial charge in [-0.1, -0.05) is 46.4 Å². The van der Waals surface area contributed by atoms with Crippen molar-refractivity contribution in [1.29, 1.82) is 5.26 Å². The summed E-state index contributed by atoms with van der Waals surface area (Å²) in [6.07, 6.45) is 3.44. The fraction of sp³-hybridized carbons (Fsp3) is 0.683. The first-order valence-corrected chi connectivity index (χ1v) is 18.8. The molecule has 0 bridgehead atoms. The number of nitriles is 1. The van der Waals surface area contributed by atoms with Crippen LogP contribution in [0.25, 0.3) is 6.08 Å². The maximum Gasteiger partial charge on any atom is 0.316 e. The molecule has 1 aromatic rings. The number of aliphatic hydroxyl groups excluding tert-OH is 1. The van der Waals surface area contributed by atoms with E-state index in [1.54, 1.807) is 38.3 Å². The van der Waals surface area contributed by atoms with Gasteiger partial charge in [0.05, 0.1) is 36.6 Å². The first-order valence-electron chi connectivity index (χ1n) is 18.8. The van der Waals surface area contributed by atoms with Crippen LogP contribution >= 0.6 is 0 Å². The molecule has 4 rings (SSSR count). The van der Waals surface area contributed by atoms with Crippen LogP contribution in [0.15, 0.2) is 36.7 Å². The number of hydrogen-bond acceptors (Lipinski definition) is 12. The maximum atomic E-state index is 14.5. The van der Waals surface area contributed by atoms with Crippen LogP contribution in [-0.4, -0.2) is 108 Å². The molecule has 53 heavy (non-hydrogen) atoms. The van der Waals surface area contributed by atoms with Crippen LogP contribution in [0.5, 0.6) is 0 Å². The second-order valence-electron chi connectivity index (χ2n) is 15.9. The Labute approximate surface area is 314 Å². The summed E-state index contributed by atoms with van der Waals surface area (Å²) in [7, 11) is 3.75. The van der Waals surface area contributed by atoms with Crippen molar-refractivity contribution < 1.29 is 43.2 Å². The van der Waals surface area contributed by atoms with Crippen molar-refractivity contribution in [2.45, 2.75) is 123 Å². The molecule has 12 heteroatoms. The highest BCUT2D eigenvalue weighted by Gasteiger charge is 2.55. The van der Waals surface area contributed by atoms with Crippen molar-refractivity contribution in [1.82, 2.24) is 9.88 Å². The number of aromatic nitrogens is 1. The second-order valence-corrected chi connectivity index (χ2v) is 15.9.